The fourth-order valence-electron chi connectivity index (χ4n) is 13.0. The highest BCUT2D eigenvalue weighted by molar-refractivity contribution is 9.08. The first-order valence-corrected chi connectivity index (χ1v) is 32.5. The molecule has 5 heterocycles. The Hall–Kier alpha value is -0.937. The van der Waals surface area contributed by atoms with Gasteiger partial charge in [0.25, 0.3) is 0 Å². The van der Waals surface area contributed by atoms with Crippen molar-refractivity contribution in [1.29, 1.82) is 0 Å². The van der Waals surface area contributed by atoms with E-state index in [1.807, 2.05) is 42.5 Å². The minimum absolute atomic E-state index is 0. The fourth-order valence-corrected chi connectivity index (χ4v) is 13.4. The van der Waals surface area contributed by atoms with Gasteiger partial charge in [0.05, 0.1) is 24.4 Å². The number of nitrogens with zero attached hydrogens (tertiary/aromatic N) is 4. The van der Waals surface area contributed by atoms with Crippen LogP contribution in [0.15, 0.2) is 103 Å². The van der Waals surface area contributed by atoms with Crippen molar-refractivity contribution in [3.63, 3.8) is 0 Å². The lowest BCUT2D eigenvalue weighted by atomic mass is 8.31. The molecule has 33 radical (unpaired) electrons. The molecule has 4 aliphatic heterocycles. The van der Waals surface area contributed by atoms with Crippen molar-refractivity contribution in [2.45, 2.75) is 101 Å². The van der Waals surface area contributed by atoms with Crippen molar-refractivity contribution >= 4 is 265 Å². The SMILES string of the molecule is Br.BrCc1ccccc1.N.N.Nc1cc(CN2CCC(OC3CCNCC3)CC2)ccn1.Nc1cccc(CN2CCC(OC3CCN(Cc4ccccc4)CC3)CC2)c1.[B][B]B([B])B(B([B])[B])B(B(B([B])[B])B([B])[B])B(B(B([B])[B])B([B])[B])B(B([B])[B])B([B])[B]. The van der Waals surface area contributed by atoms with Crippen LogP contribution in [-0.2, 0) is 34.4 Å². The number of nitrogens with one attached hydrogen (secondary N) is 1. The van der Waals surface area contributed by atoms with Crippen molar-refractivity contribution in [3.8, 4) is 0 Å². The van der Waals surface area contributed by atoms with E-state index in [2.05, 4.69) is 95.5 Å². The van der Waals surface area contributed by atoms with Gasteiger partial charge in [-0.2, -0.15) is 0 Å². The molecule has 0 atom stereocenters. The standard InChI is InChI=1S/C24H33N3O.C16H26N4O.C7H7Br.B31.BrH.2H3N/c25-22-8-4-7-21(17-22)19-27-15-11-24(12-16-27)28-23-9-13-26(14-10-23)18-20-5-2-1-3-6-20;17-16-11-13(1-8-19-16)12-20-9-4-15(5-10-20)21-14-2-6-18-7-3-14;8-6-7-4-2-1-3-5-7;1-17-25(16)29(24(14)15)31(28(22(10)11)23(12)13)30(26(18(2)3)19(4)5)27(20(6)7)21(8)9;;;/h1-8,17,23-24H,9-16,18-19,25H2;1,8,11,14-15,18H,2-7,9-10,12H2,(H2,17,19);1-5H,6H2;;1H;2*1H3. The molecule has 425 valence electrons. The van der Waals surface area contributed by atoms with Gasteiger partial charge < -0.3 is 38.6 Å². The molecule has 0 bridgehead atoms. The fraction of sp³-hybridized carbons (Fsp3) is 0.511. The Labute approximate surface area is 596 Å². The Morgan fingerprint density at radius 3 is 1.13 bits per heavy atom. The normalized spacial score (nSPS) is 15.5. The number of hydrogen-bond acceptors (Lipinski definition) is 11. The van der Waals surface area contributed by atoms with Crippen LogP contribution in [0.4, 0.5) is 11.5 Å². The average Bonchev–Trinajstić information content (AvgIpc) is 0.828. The molecule has 4 aliphatic rings. The number of pyridine rings is 1. The number of hydrogen-bond donors (Lipinski definition) is 5. The minimum atomic E-state index is -1.07. The zero-order valence-corrected chi connectivity index (χ0v) is 56.9. The van der Waals surface area contributed by atoms with Gasteiger partial charge in [-0.05, 0) is 111 Å². The molecular weight excluding hydrogens is 1220 g/mol. The molecule has 0 spiro atoms. The van der Waals surface area contributed by atoms with E-state index in [4.69, 9.17) is 145 Å². The summed E-state index contributed by atoms with van der Waals surface area (Å²) in [7, 11) is 98.1. The molecule has 11 N–H and O–H groups in total. The van der Waals surface area contributed by atoms with E-state index in [0.29, 0.717) is 30.2 Å². The summed E-state index contributed by atoms with van der Waals surface area (Å²) in [6, 6.07) is 33.3. The molecule has 4 aromatic rings. The third-order valence-corrected chi connectivity index (χ3v) is 18.2. The molecular formula is C47H73B31Br2N9O2. The molecule has 4 fully saturated rings. The smallest absolute Gasteiger partial charge is 0.123 e. The van der Waals surface area contributed by atoms with Crippen LogP contribution in [0.1, 0.15) is 73.6 Å². The maximum Gasteiger partial charge on any atom is 0.123 e. The van der Waals surface area contributed by atoms with Crippen LogP contribution in [0.5, 0.6) is 0 Å². The number of nitrogen functional groups attached to an aromatic ring is 2. The summed E-state index contributed by atoms with van der Waals surface area (Å²) in [5.41, 5.74) is 17.8. The van der Waals surface area contributed by atoms with E-state index in [-0.39, 0.29) is 29.3 Å². The maximum absolute atomic E-state index is 6.48. The van der Waals surface area contributed by atoms with Crippen molar-refractivity contribution in [2.24, 2.45) is 0 Å². The molecule has 4 saturated heterocycles. The highest BCUT2D eigenvalue weighted by Gasteiger charge is 2.53. The van der Waals surface area contributed by atoms with Gasteiger partial charge in [-0.15, -0.1) is 17.0 Å². The van der Waals surface area contributed by atoms with Gasteiger partial charge in [-0.25, -0.2) is 4.98 Å². The second kappa shape index (κ2) is 46.4. The predicted octanol–water partition coefficient (Wildman–Crippen LogP) is -3.01. The summed E-state index contributed by atoms with van der Waals surface area (Å²) in [5.74, 6) is 0.608. The zero-order chi connectivity index (χ0) is 64.3. The second-order valence-electron chi connectivity index (χ2n) is 24.4. The number of nitrogens with two attached hydrogens (primary N) is 2. The number of piperidine rings is 4. The zero-order valence-electron chi connectivity index (χ0n) is 53.6. The van der Waals surface area contributed by atoms with Crippen LogP contribution in [0.3, 0.4) is 0 Å². The lowest BCUT2D eigenvalue weighted by molar-refractivity contribution is -0.0664. The summed E-state index contributed by atoms with van der Waals surface area (Å²) in [5, 5.41) is 4.34. The Kier molecular flexibility index (Phi) is 43.9. The van der Waals surface area contributed by atoms with E-state index in [1.165, 1.54) is 29.3 Å². The van der Waals surface area contributed by atoms with Crippen LogP contribution in [0.2, 0.25) is 0 Å². The minimum Gasteiger partial charge on any atom is -0.399 e. The quantitative estimate of drug-likeness (QED) is 0.0260. The van der Waals surface area contributed by atoms with Gasteiger partial charge in [-0.1, -0.05) is 88.7 Å². The van der Waals surface area contributed by atoms with E-state index < -0.39 is 89.4 Å². The van der Waals surface area contributed by atoms with Crippen LogP contribution in [-0.4, -0.2) is 317 Å². The highest BCUT2D eigenvalue weighted by atomic mass is 79.9. The van der Waals surface area contributed by atoms with Crippen molar-refractivity contribution in [2.75, 3.05) is 63.8 Å². The lowest BCUT2D eigenvalue weighted by Crippen LogP contribution is -2.89. The third kappa shape index (κ3) is 30.4. The Morgan fingerprint density at radius 2 is 0.791 bits per heavy atom. The van der Waals surface area contributed by atoms with Crippen LogP contribution in [0, 0.1) is 0 Å². The molecule has 91 heavy (non-hydrogen) atoms. The van der Waals surface area contributed by atoms with Crippen LogP contribution < -0.4 is 29.1 Å². The summed E-state index contributed by atoms with van der Waals surface area (Å²) >= 11 is 3.36. The summed E-state index contributed by atoms with van der Waals surface area (Å²) in [4.78, 5) is 11.6. The second-order valence-corrected chi connectivity index (χ2v) is 24.9. The Morgan fingerprint density at radius 1 is 0.451 bits per heavy atom. The summed E-state index contributed by atoms with van der Waals surface area (Å²) in [6.45, 7) is 12.0. The van der Waals surface area contributed by atoms with E-state index in [9.17, 15) is 0 Å². The van der Waals surface area contributed by atoms with Gasteiger partial charge in [0.1, 0.15) is 5.82 Å². The van der Waals surface area contributed by atoms with Gasteiger partial charge >= 0.3 is 0 Å². The molecule has 0 amide bonds. The number of alkyl halides is 1. The first-order valence-electron chi connectivity index (χ1n) is 31.3. The monoisotopic (exact) mass is 1290 g/mol. The molecule has 44 heteroatoms. The average molecular weight is 1290 g/mol. The topological polar surface area (TPSA) is 175 Å². The van der Waals surface area contributed by atoms with Gasteiger partial charge in [0.15, 0.2) is 0 Å². The molecule has 0 unspecified atom stereocenters. The van der Waals surface area contributed by atoms with Crippen LogP contribution >= 0.6 is 32.9 Å². The molecule has 0 saturated carbocycles. The number of benzene rings is 3. The number of aromatic nitrogens is 1. The molecule has 3 aromatic carbocycles. The maximum atomic E-state index is 6.48. The molecule has 0 aliphatic carbocycles. The van der Waals surface area contributed by atoms with E-state index in [0.717, 1.165) is 134 Å². The molecule has 8 rings (SSSR count). The van der Waals surface area contributed by atoms with E-state index in [1.54, 1.807) is 6.20 Å². The number of likely N-dealkylation sites (tertiary alicyclic amines) is 3. The van der Waals surface area contributed by atoms with Gasteiger partial charge in [0.2, 0.25) is 0 Å². The van der Waals surface area contributed by atoms with Crippen LogP contribution in [0.25, 0.3) is 0 Å². The first kappa shape index (κ1) is 86.2. The van der Waals surface area contributed by atoms with Crippen molar-refractivity contribution in [1.82, 2.24) is 37.3 Å². The van der Waals surface area contributed by atoms with Gasteiger partial charge in [-0.3, -0.25) is 14.7 Å². The Balaban J connectivity index is 0.000000435. The largest absolute Gasteiger partial charge is 0.399 e. The number of rotatable bonds is 25. The number of halogens is 2. The molecule has 1 aromatic heterocycles. The first-order chi connectivity index (χ1) is 42.1. The number of anilines is 2. The highest BCUT2D eigenvalue weighted by Crippen LogP contribution is 2.25. The summed E-state index contributed by atoms with van der Waals surface area (Å²) < 4.78 is 12.7. The molecule has 11 nitrogen and oxygen atoms in total. The third-order valence-electron chi connectivity index (χ3n) is 17.5. The summed E-state index contributed by atoms with van der Waals surface area (Å²) in [6.07, 6.45) is -0.582. The predicted molar refractivity (Wildman–Crippen MR) is 437 cm³/mol. The number of ether oxygens (including phenoxy) is 2. The van der Waals surface area contributed by atoms with Crippen molar-refractivity contribution in [3.05, 3.63) is 126 Å². The van der Waals surface area contributed by atoms with E-state index >= 15 is 0 Å². The van der Waals surface area contributed by atoms with Crippen molar-refractivity contribution < 1.29 is 9.47 Å². The van der Waals surface area contributed by atoms with Gasteiger partial charge in [0, 0.05) is 296 Å². The lowest BCUT2D eigenvalue weighted by Gasteiger charge is -2.50. The Bertz CT molecular complexity index is 2450.